The van der Waals surface area contributed by atoms with Crippen LogP contribution in [0.25, 0.3) is 0 Å². The van der Waals surface area contributed by atoms with E-state index < -0.39 is 5.97 Å². The lowest BCUT2D eigenvalue weighted by atomic mass is 10.2. The largest absolute Gasteiger partial charge is 0.480 e. The van der Waals surface area contributed by atoms with Crippen LogP contribution in [0.1, 0.15) is 10.5 Å². The molecular weight excluding hydrogens is 345 g/mol. The number of amides is 1. The molecule has 0 aromatic carbocycles. The quantitative estimate of drug-likeness (QED) is 0.850. The van der Waals surface area contributed by atoms with Crippen LogP contribution in [0.15, 0.2) is 6.07 Å². The predicted molar refractivity (Wildman–Crippen MR) is 86.2 cm³/mol. The molecule has 0 radical (unpaired) electrons. The Morgan fingerprint density at radius 2 is 2.17 bits per heavy atom. The molecule has 2 rings (SSSR count). The van der Waals surface area contributed by atoms with E-state index in [4.69, 9.17) is 33.0 Å². The molecule has 7 nitrogen and oxygen atoms in total. The summed E-state index contributed by atoms with van der Waals surface area (Å²) < 4.78 is 7.17. The van der Waals surface area contributed by atoms with Gasteiger partial charge in [0.2, 0.25) is 0 Å². The number of hydrogen-bond donors (Lipinski definition) is 1. The van der Waals surface area contributed by atoms with Crippen LogP contribution in [0, 0.1) is 0 Å². The van der Waals surface area contributed by atoms with Gasteiger partial charge in [-0.2, -0.15) is 0 Å². The topological polar surface area (TPSA) is 75.0 Å². The van der Waals surface area contributed by atoms with Crippen molar-refractivity contribution in [3.8, 4) is 0 Å². The van der Waals surface area contributed by atoms with Crippen molar-refractivity contribution in [2.24, 2.45) is 7.05 Å². The van der Waals surface area contributed by atoms with Crippen LogP contribution in [0.5, 0.6) is 0 Å². The van der Waals surface area contributed by atoms with Crippen LogP contribution in [0.3, 0.4) is 0 Å². The normalized spacial score (nSPS) is 18.5. The molecule has 1 fully saturated rings. The van der Waals surface area contributed by atoms with Gasteiger partial charge in [-0.05, 0) is 13.1 Å². The number of rotatable bonds is 5. The summed E-state index contributed by atoms with van der Waals surface area (Å²) in [7, 11) is 3.38. The highest BCUT2D eigenvalue weighted by Crippen LogP contribution is 2.26. The number of aliphatic carboxylic acids is 1. The summed E-state index contributed by atoms with van der Waals surface area (Å²) in [6.45, 7) is 1.63. The second kappa shape index (κ2) is 7.53. The van der Waals surface area contributed by atoms with Crippen LogP contribution < -0.4 is 0 Å². The fourth-order valence-electron chi connectivity index (χ4n) is 2.57. The van der Waals surface area contributed by atoms with E-state index in [2.05, 4.69) is 0 Å². The molecule has 1 aliphatic rings. The summed E-state index contributed by atoms with van der Waals surface area (Å²) in [5.41, 5.74) is 0.416. The number of carbonyl (C=O) groups is 2. The van der Waals surface area contributed by atoms with Crippen molar-refractivity contribution in [2.45, 2.75) is 6.10 Å². The minimum absolute atomic E-state index is 0.0726. The summed E-state index contributed by atoms with van der Waals surface area (Å²) in [5, 5.41) is 9.44. The van der Waals surface area contributed by atoms with Gasteiger partial charge < -0.3 is 19.3 Å². The smallest absolute Gasteiger partial charge is 0.317 e. The van der Waals surface area contributed by atoms with Crippen molar-refractivity contribution >= 4 is 35.1 Å². The highest BCUT2D eigenvalue weighted by Gasteiger charge is 2.28. The SMILES string of the molecule is CN(CC(=O)O)C[C@H]1CN(C(=O)c2cc(Cl)c(Cl)n2C)CCO1. The first-order chi connectivity index (χ1) is 10.8. The van der Waals surface area contributed by atoms with Crippen molar-refractivity contribution in [3.05, 3.63) is 21.9 Å². The summed E-state index contributed by atoms with van der Waals surface area (Å²) in [6.07, 6.45) is -0.233. The Bertz CT molecular complexity index is 605. The van der Waals surface area contributed by atoms with Gasteiger partial charge in [-0.15, -0.1) is 0 Å². The second-order valence-corrected chi connectivity index (χ2v) is 6.33. The van der Waals surface area contributed by atoms with Crippen LogP contribution in [0.4, 0.5) is 0 Å². The lowest BCUT2D eigenvalue weighted by Crippen LogP contribution is -2.49. The van der Waals surface area contributed by atoms with Gasteiger partial charge in [0.1, 0.15) is 10.8 Å². The lowest BCUT2D eigenvalue weighted by Gasteiger charge is -2.34. The Morgan fingerprint density at radius 1 is 1.48 bits per heavy atom. The third-order valence-electron chi connectivity index (χ3n) is 3.68. The number of ether oxygens (including phenoxy) is 1. The Kier molecular flexibility index (Phi) is 5.91. The molecule has 1 amide bonds. The maximum Gasteiger partial charge on any atom is 0.317 e. The van der Waals surface area contributed by atoms with Gasteiger partial charge in [-0.1, -0.05) is 23.2 Å². The van der Waals surface area contributed by atoms with E-state index >= 15 is 0 Å². The molecule has 0 spiro atoms. The van der Waals surface area contributed by atoms with Gasteiger partial charge in [-0.3, -0.25) is 14.5 Å². The Morgan fingerprint density at radius 3 is 2.74 bits per heavy atom. The van der Waals surface area contributed by atoms with Gasteiger partial charge in [0.05, 0.1) is 24.3 Å². The fourth-order valence-corrected chi connectivity index (χ4v) is 2.94. The summed E-state index contributed by atoms with van der Waals surface area (Å²) in [5.74, 6) is -1.07. The highest BCUT2D eigenvalue weighted by atomic mass is 35.5. The maximum atomic E-state index is 12.6. The number of hydrogen-bond acceptors (Lipinski definition) is 4. The Hall–Kier alpha value is -1.28. The average Bonchev–Trinajstić information content (AvgIpc) is 2.73. The number of likely N-dealkylation sites (N-methyl/N-ethyl adjacent to an activating group) is 1. The summed E-state index contributed by atoms with van der Waals surface area (Å²) in [6, 6.07) is 1.55. The monoisotopic (exact) mass is 363 g/mol. The number of nitrogens with zero attached hydrogens (tertiary/aromatic N) is 3. The van der Waals surface area contributed by atoms with Gasteiger partial charge in [0.15, 0.2) is 0 Å². The number of morpholine rings is 1. The number of halogens is 2. The Labute approximate surface area is 144 Å². The van der Waals surface area contributed by atoms with E-state index in [9.17, 15) is 9.59 Å². The maximum absolute atomic E-state index is 12.6. The third kappa shape index (κ3) is 4.38. The minimum atomic E-state index is -0.899. The van der Waals surface area contributed by atoms with Crippen LogP contribution in [-0.2, 0) is 16.6 Å². The van der Waals surface area contributed by atoms with E-state index in [1.165, 1.54) is 0 Å². The summed E-state index contributed by atoms with van der Waals surface area (Å²) >= 11 is 12.0. The van der Waals surface area contributed by atoms with Crippen molar-refractivity contribution < 1.29 is 19.4 Å². The van der Waals surface area contributed by atoms with Crippen LogP contribution in [-0.4, -0.2) is 77.3 Å². The number of carboxylic acids is 1. The van der Waals surface area contributed by atoms with Crippen molar-refractivity contribution in [1.82, 2.24) is 14.4 Å². The third-order valence-corrected chi connectivity index (χ3v) is 4.52. The van der Waals surface area contributed by atoms with Gasteiger partial charge in [-0.25, -0.2) is 0 Å². The minimum Gasteiger partial charge on any atom is -0.480 e. The molecule has 0 bridgehead atoms. The molecule has 1 aliphatic heterocycles. The molecular formula is C14H19Cl2N3O4. The molecule has 0 saturated carbocycles. The summed E-state index contributed by atoms with van der Waals surface area (Å²) in [4.78, 5) is 26.6. The zero-order chi connectivity index (χ0) is 17.1. The molecule has 1 saturated heterocycles. The zero-order valence-electron chi connectivity index (χ0n) is 13.0. The van der Waals surface area contributed by atoms with Crippen molar-refractivity contribution in [1.29, 1.82) is 0 Å². The van der Waals surface area contributed by atoms with E-state index in [0.717, 1.165) is 0 Å². The highest BCUT2D eigenvalue weighted by molar-refractivity contribution is 6.41. The number of carbonyl (C=O) groups excluding carboxylic acids is 1. The second-order valence-electron chi connectivity index (χ2n) is 5.56. The van der Waals surface area contributed by atoms with E-state index in [1.54, 1.807) is 34.5 Å². The van der Waals surface area contributed by atoms with Gasteiger partial charge in [0.25, 0.3) is 5.91 Å². The van der Waals surface area contributed by atoms with Crippen LogP contribution in [0.2, 0.25) is 10.2 Å². The van der Waals surface area contributed by atoms with Gasteiger partial charge >= 0.3 is 5.97 Å². The first kappa shape index (κ1) is 18.1. The molecule has 0 unspecified atom stereocenters. The van der Waals surface area contributed by atoms with E-state index in [-0.39, 0.29) is 18.6 Å². The number of carboxylic acid groups (broad SMARTS) is 1. The first-order valence-electron chi connectivity index (χ1n) is 7.11. The van der Waals surface area contributed by atoms with Crippen molar-refractivity contribution in [2.75, 3.05) is 39.8 Å². The molecule has 2 heterocycles. The molecule has 1 atom stereocenters. The van der Waals surface area contributed by atoms with E-state index in [0.29, 0.717) is 42.1 Å². The predicted octanol–water partition coefficient (Wildman–Crippen LogP) is 1.19. The molecule has 1 N–H and O–H groups in total. The fraction of sp³-hybridized carbons (Fsp3) is 0.571. The molecule has 0 aliphatic carbocycles. The lowest BCUT2D eigenvalue weighted by molar-refractivity contribution is -0.138. The molecule has 128 valence electrons. The molecule has 1 aromatic rings. The molecule has 9 heteroatoms. The van der Waals surface area contributed by atoms with Crippen LogP contribution >= 0.6 is 23.2 Å². The standard InChI is InChI=1S/C14H19Cl2N3O4/c1-17(8-12(20)21)6-9-7-19(3-4-23-9)14(22)11-5-10(15)13(16)18(11)2/h5,9H,3-4,6-8H2,1-2H3,(H,20,21)/t9-/m0/s1. The zero-order valence-corrected chi connectivity index (χ0v) is 14.5. The molecule has 1 aromatic heterocycles. The van der Waals surface area contributed by atoms with Crippen molar-refractivity contribution in [3.63, 3.8) is 0 Å². The average molecular weight is 364 g/mol. The number of aromatic nitrogens is 1. The van der Waals surface area contributed by atoms with E-state index in [1.807, 2.05) is 0 Å². The van der Waals surface area contributed by atoms with Gasteiger partial charge in [0, 0.05) is 26.7 Å². The Balaban J connectivity index is 2.01. The first-order valence-corrected chi connectivity index (χ1v) is 7.87. The molecule has 23 heavy (non-hydrogen) atoms.